The maximum atomic E-state index is 10.9. The molecule has 0 rings (SSSR count). The number of nitrogens with zero attached hydrogens (tertiary/aromatic N) is 1. The molecule has 0 aliphatic heterocycles. The highest BCUT2D eigenvalue weighted by Gasteiger charge is 2.42. The lowest BCUT2D eigenvalue weighted by Crippen LogP contribution is -2.59. The standard InChI is InChI=1S/C16H38N2O8SSi/c1-6-9-18(2,3)10-7-12-28(24-4,25-5)26-15-16(13-19,14-20)17-8-11-27(21,22)23/h17,19-20H,6-15H2,1-5H3/p+1. The van der Waals surface area contributed by atoms with E-state index in [1.165, 1.54) is 14.2 Å². The molecule has 0 bridgehead atoms. The minimum atomic E-state index is -4.16. The van der Waals surface area contributed by atoms with Gasteiger partial charge in [-0.25, -0.2) is 0 Å². The van der Waals surface area contributed by atoms with Crippen molar-refractivity contribution < 1.29 is 40.9 Å². The van der Waals surface area contributed by atoms with E-state index >= 15 is 0 Å². The second-order valence-corrected chi connectivity index (χ2v) is 12.2. The van der Waals surface area contributed by atoms with Crippen LogP contribution in [0.4, 0.5) is 0 Å². The molecule has 28 heavy (non-hydrogen) atoms. The number of hydrogen-bond donors (Lipinski definition) is 4. The lowest BCUT2D eigenvalue weighted by Gasteiger charge is -2.36. The molecule has 0 amide bonds. The second-order valence-electron chi connectivity index (χ2n) is 7.68. The summed E-state index contributed by atoms with van der Waals surface area (Å²) in [5, 5.41) is 22.2. The molecule has 0 aromatic carbocycles. The molecule has 0 aliphatic carbocycles. The molecule has 0 radical (unpaired) electrons. The van der Waals surface area contributed by atoms with Gasteiger partial charge in [-0.2, -0.15) is 8.42 Å². The first-order valence-corrected chi connectivity index (χ1v) is 12.9. The number of aliphatic hydroxyl groups is 2. The van der Waals surface area contributed by atoms with Gasteiger partial charge in [0.05, 0.1) is 58.3 Å². The molecule has 0 unspecified atom stereocenters. The van der Waals surface area contributed by atoms with Crippen LogP contribution in [0.5, 0.6) is 0 Å². The Hall–Kier alpha value is -0.153. The normalized spacial score (nSPS) is 13.9. The maximum absolute atomic E-state index is 10.9. The van der Waals surface area contributed by atoms with Crippen LogP contribution in [-0.2, 0) is 23.4 Å². The summed E-state index contributed by atoms with van der Waals surface area (Å²) in [7, 11) is 0.158. The Kier molecular flexibility index (Phi) is 12.5. The number of nitrogens with one attached hydrogen (secondary N) is 1. The van der Waals surface area contributed by atoms with Gasteiger partial charge in [0, 0.05) is 33.2 Å². The second kappa shape index (κ2) is 12.5. The Morgan fingerprint density at radius 2 is 1.68 bits per heavy atom. The van der Waals surface area contributed by atoms with E-state index in [1.54, 1.807) is 0 Å². The van der Waals surface area contributed by atoms with Gasteiger partial charge in [-0.3, -0.25) is 4.55 Å². The molecule has 170 valence electrons. The molecule has 0 saturated heterocycles. The molecule has 0 heterocycles. The van der Waals surface area contributed by atoms with Crippen molar-refractivity contribution in [1.82, 2.24) is 5.32 Å². The van der Waals surface area contributed by atoms with Gasteiger partial charge >= 0.3 is 8.80 Å². The van der Waals surface area contributed by atoms with Crippen LogP contribution in [0.2, 0.25) is 6.04 Å². The van der Waals surface area contributed by atoms with Gasteiger partial charge in [0.15, 0.2) is 0 Å². The first-order valence-electron chi connectivity index (χ1n) is 9.41. The quantitative estimate of drug-likeness (QED) is 0.130. The van der Waals surface area contributed by atoms with Crippen LogP contribution in [-0.4, -0.2) is 116 Å². The summed E-state index contributed by atoms with van der Waals surface area (Å²) >= 11 is 0. The predicted molar refractivity (Wildman–Crippen MR) is 109 cm³/mol. The van der Waals surface area contributed by atoms with Crippen LogP contribution in [0.1, 0.15) is 19.8 Å². The summed E-state index contributed by atoms with van der Waals surface area (Å²) in [4.78, 5) is 0. The van der Waals surface area contributed by atoms with Crippen LogP contribution < -0.4 is 5.32 Å². The summed E-state index contributed by atoms with van der Waals surface area (Å²) in [6.07, 6.45) is 1.91. The molecule has 0 fully saturated rings. The third-order valence-electron chi connectivity index (χ3n) is 4.73. The smallest absolute Gasteiger partial charge is 0.394 e. The van der Waals surface area contributed by atoms with Crippen LogP contribution in [0.25, 0.3) is 0 Å². The van der Waals surface area contributed by atoms with Crippen molar-refractivity contribution in [3.8, 4) is 0 Å². The Morgan fingerprint density at radius 3 is 2.11 bits per heavy atom. The third kappa shape index (κ3) is 10.6. The highest BCUT2D eigenvalue weighted by Crippen LogP contribution is 2.20. The summed E-state index contributed by atoms with van der Waals surface area (Å²) in [6.45, 7) is 2.86. The van der Waals surface area contributed by atoms with Crippen LogP contribution in [0.15, 0.2) is 0 Å². The van der Waals surface area contributed by atoms with E-state index in [1.807, 2.05) is 0 Å². The summed E-state index contributed by atoms with van der Waals surface area (Å²) in [6, 6.07) is 0.573. The van der Waals surface area contributed by atoms with E-state index in [4.69, 9.17) is 17.8 Å². The maximum Gasteiger partial charge on any atom is 0.500 e. The number of hydrogen-bond acceptors (Lipinski definition) is 8. The Bertz CT molecular complexity index is 525. The molecular weight excluding hydrogens is 408 g/mol. The zero-order valence-corrected chi connectivity index (χ0v) is 19.6. The summed E-state index contributed by atoms with van der Waals surface area (Å²) in [5.74, 6) is -0.545. The monoisotopic (exact) mass is 447 g/mol. The van der Waals surface area contributed by atoms with E-state index in [2.05, 4.69) is 26.3 Å². The molecule has 0 aromatic heterocycles. The van der Waals surface area contributed by atoms with Gasteiger partial charge in [-0.1, -0.05) is 6.92 Å². The van der Waals surface area contributed by atoms with Crippen molar-refractivity contribution in [1.29, 1.82) is 0 Å². The number of quaternary nitrogens is 1. The number of rotatable bonds is 17. The average Bonchev–Trinajstić information content (AvgIpc) is 2.62. The average molecular weight is 448 g/mol. The molecule has 0 saturated carbocycles. The van der Waals surface area contributed by atoms with Crippen molar-refractivity contribution in [3.05, 3.63) is 0 Å². The lowest BCUT2D eigenvalue weighted by molar-refractivity contribution is -0.890. The predicted octanol–water partition coefficient (Wildman–Crippen LogP) is -0.688. The molecule has 0 atom stereocenters. The third-order valence-corrected chi connectivity index (χ3v) is 8.25. The fourth-order valence-corrected chi connectivity index (χ4v) is 5.32. The number of aliphatic hydroxyl groups excluding tert-OH is 2. The van der Waals surface area contributed by atoms with Crippen molar-refractivity contribution >= 4 is 18.9 Å². The van der Waals surface area contributed by atoms with Gasteiger partial charge in [0.1, 0.15) is 0 Å². The topological polar surface area (TPSA) is 135 Å². The molecule has 4 N–H and O–H groups in total. The van der Waals surface area contributed by atoms with Gasteiger partial charge in [0.2, 0.25) is 0 Å². The van der Waals surface area contributed by atoms with Gasteiger partial charge in [-0.05, 0) is 6.42 Å². The lowest BCUT2D eigenvalue weighted by atomic mass is 10.0. The van der Waals surface area contributed by atoms with Crippen LogP contribution >= 0.6 is 0 Å². The van der Waals surface area contributed by atoms with Crippen LogP contribution in [0.3, 0.4) is 0 Å². The molecule has 0 aliphatic rings. The van der Waals surface area contributed by atoms with Crippen molar-refractivity contribution in [2.24, 2.45) is 0 Å². The zero-order chi connectivity index (χ0) is 21.9. The molecule has 12 heteroatoms. The van der Waals surface area contributed by atoms with E-state index in [0.717, 1.165) is 30.4 Å². The summed E-state index contributed by atoms with van der Waals surface area (Å²) < 4.78 is 48.5. The van der Waals surface area contributed by atoms with E-state index in [0.29, 0.717) is 6.04 Å². The van der Waals surface area contributed by atoms with Crippen molar-refractivity contribution in [2.75, 3.05) is 73.5 Å². The molecule has 0 aromatic rings. The largest absolute Gasteiger partial charge is 0.500 e. The Labute approximate surface area is 170 Å². The van der Waals surface area contributed by atoms with Crippen molar-refractivity contribution in [2.45, 2.75) is 31.3 Å². The summed E-state index contributed by atoms with van der Waals surface area (Å²) in [5.41, 5.74) is -1.28. The van der Waals surface area contributed by atoms with E-state index in [9.17, 15) is 18.6 Å². The van der Waals surface area contributed by atoms with E-state index < -0.39 is 43.4 Å². The van der Waals surface area contributed by atoms with Crippen molar-refractivity contribution in [3.63, 3.8) is 0 Å². The Balaban J connectivity index is 4.92. The Morgan fingerprint density at radius 1 is 1.11 bits per heavy atom. The minimum absolute atomic E-state index is 0.132. The highest BCUT2D eigenvalue weighted by molar-refractivity contribution is 7.85. The SMILES string of the molecule is CCC[N+](C)(C)CCC[Si](OC)(OC)OCC(CO)(CO)NCCS(=O)(=O)O. The molecular formula is C16H39N2O8SSi+. The van der Waals surface area contributed by atoms with Gasteiger partial charge in [-0.15, -0.1) is 0 Å². The van der Waals surface area contributed by atoms with Crippen LogP contribution in [0, 0.1) is 0 Å². The van der Waals surface area contributed by atoms with Gasteiger partial charge in [0.25, 0.3) is 10.1 Å². The highest BCUT2D eigenvalue weighted by atomic mass is 32.2. The zero-order valence-electron chi connectivity index (χ0n) is 17.8. The first kappa shape index (κ1) is 27.8. The fourth-order valence-electron chi connectivity index (χ4n) is 2.92. The fraction of sp³-hybridized carbons (Fsp3) is 1.00. The first-order chi connectivity index (χ1) is 12.9. The van der Waals surface area contributed by atoms with Gasteiger partial charge < -0.3 is 33.3 Å². The molecule has 0 spiro atoms. The van der Waals surface area contributed by atoms with E-state index in [-0.39, 0.29) is 13.2 Å². The molecule has 10 nitrogen and oxygen atoms in total. The minimum Gasteiger partial charge on any atom is -0.394 e.